The summed E-state index contributed by atoms with van der Waals surface area (Å²) < 4.78 is 0. The summed E-state index contributed by atoms with van der Waals surface area (Å²) >= 11 is 1.81. The van der Waals surface area contributed by atoms with Gasteiger partial charge < -0.3 is 10.2 Å². The molecule has 23 heavy (non-hydrogen) atoms. The van der Waals surface area contributed by atoms with E-state index in [-0.39, 0.29) is 5.91 Å². The highest BCUT2D eigenvalue weighted by Gasteiger charge is 2.15. The second kappa shape index (κ2) is 7.46. The summed E-state index contributed by atoms with van der Waals surface area (Å²) in [7, 11) is 0. The lowest BCUT2D eigenvalue weighted by molar-refractivity contribution is -0.120. The van der Waals surface area contributed by atoms with E-state index in [1.54, 1.807) is 0 Å². The SMILES string of the molecule is CSCc1cccc(-c2cnc(N3CCNC(=O)CC3)nc2)c1. The van der Waals surface area contributed by atoms with Crippen LogP contribution in [0.25, 0.3) is 11.1 Å². The first-order valence-corrected chi connectivity index (χ1v) is 9.07. The first-order chi connectivity index (χ1) is 11.3. The van der Waals surface area contributed by atoms with E-state index in [4.69, 9.17) is 0 Å². The number of nitrogens with one attached hydrogen (secondary N) is 1. The lowest BCUT2D eigenvalue weighted by Gasteiger charge is -2.19. The number of hydrogen-bond donors (Lipinski definition) is 1. The van der Waals surface area contributed by atoms with E-state index in [0.29, 0.717) is 25.5 Å². The monoisotopic (exact) mass is 328 g/mol. The fourth-order valence-electron chi connectivity index (χ4n) is 2.61. The summed E-state index contributed by atoms with van der Waals surface area (Å²) in [5.41, 5.74) is 3.45. The molecule has 1 aromatic carbocycles. The molecule has 1 aliphatic heterocycles. The van der Waals surface area contributed by atoms with Crippen LogP contribution in [0.3, 0.4) is 0 Å². The summed E-state index contributed by atoms with van der Waals surface area (Å²) in [6, 6.07) is 8.47. The van der Waals surface area contributed by atoms with Crippen molar-refractivity contribution < 1.29 is 4.79 Å². The van der Waals surface area contributed by atoms with E-state index in [1.807, 2.05) is 29.1 Å². The van der Waals surface area contributed by atoms with Gasteiger partial charge in [0.05, 0.1) is 0 Å². The minimum absolute atomic E-state index is 0.0923. The Balaban J connectivity index is 1.76. The number of carbonyl (C=O) groups excluding carboxylic acids is 1. The fraction of sp³-hybridized carbons (Fsp3) is 0.353. The van der Waals surface area contributed by atoms with Gasteiger partial charge in [-0.15, -0.1) is 0 Å². The van der Waals surface area contributed by atoms with Crippen LogP contribution in [0.15, 0.2) is 36.7 Å². The minimum Gasteiger partial charge on any atom is -0.354 e. The molecule has 0 aliphatic carbocycles. The Morgan fingerprint density at radius 1 is 1.22 bits per heavy atom. The van der Waals surface area contributed by atoms with E-state index in [1.165, 1.54) is 5.56 Å². The van der Waals surface area contributed by atoms with Crippen LogP contribution in [-0.4, -0.2) is 41.8 Å². The Bertz CT molecular complexity index is 675. The first-order valence-electron chi connectivity index (χ1n) is 7.68. The van der Waals surface area contributed by atoms with Gasteiger partial charge in [-0.3, -0.25) is 4.79 Å². The molecule has 1 aromatic heterocycles. The standard InChI is InChI=1S/C17H20N4OS/c1-23-12-13-3-2-4-14(9-13)15-10-19-17(20-11-15)21-7-5-16(22)18-6-8-21/h2-4,9-11H,5-8,12H2,1H3,(H,18,22). The number of thioether (sulfide) groups is 1. The van der Waals surface area contributed by atoms with Gasteiger partial charge in [-0.1, -0.05) is 24.3 Å². The van der Waals surface area contributed by atoms with Gasteiger partial charge in [0, 0.05) is 49.8 Å². The highest BCUT2D eigenvalue weighted by atomic mass is 32.2. The van der Waals surface area contributed by atoms with Gasteiger partial charge in [-0.2, -0.15) is 11.8 Å². The molecule has 6 heteroatoms. The molecular formula is C17H20N4OS. The molecule has 0 unspecified atom stereocenters. The molecule has 1 N–H and O–H groups in total. The zero-order valence-electron chi connectivity index (χ0n) is 13.2. The maximum absolute atomic E-state index is 11.4. The molecule has 0 bridgehead atoms. The Hall–Kier alpha value is -2.08. The van der Waals surface area contributed by atoms with Crippen LogP contribution in [0.4, 0.5) is 5.95 Å². The Morgan fingerprint density at radius 2 is 2.04 bits per heavy atom. The molecule has 0 saturated carbocycles. The van der Waals surface area contributed by atoms with Crippen LogP contribution in [0.5, 0.6) is 0 Å². The Morgan fingerprint density at radius 3 is 2.83 bits per heavy atom. The molecule has 1 saturated heterocycles. The van der Waals surface area contributed by atoms with Crippen LogP contribution in [0.1, 0.15) is 12.0 Å². The third-order valence-electron chi connectivity index (χ3n) is 3.81. The van der Waals surface area contributed by atoms with Crippen molar-refractivity contribution in [3.63, 3.8) is 0 Å². The van der Waals surface area contributed by atoms with Crippen LogP contribution in [-0.2, 0) is 10.5 Å². The fourth-order valence-corrected chi connectivity index (χ4v) is 3.12. The third kappa shape index (κ3) is 4.01. The molecule has 5 nitrogen and oxygen atoms in total. The van der Waals surface area contributed by atoms with E-state index in [0.717, 1.165) is 23.4 Å². The maximum Gasteiger partial charge on any atom is 0.225 e. The lowest BCUT2D eigenvalue weighted by atomic mass is 10.1. The Labute approximate surface area is 140 Å². The average molecular weight is 328 g/mol. The smallest absolute Gasteiger partial charge is 0.225 e. The molecule has 0 radical (unpaired) electrons. The molecule has 1 aliphatic rings. The second-order valence-electron chi connectivity index (χ2n) is 5.49. The van der Waals surface area contributed by atoms with E-state index in [2.05, 4.69) is 45.8 Å². The van der Waals surface area contributed by atoms with Crippen LogP contribution < -0.4 is 10.2 Å². The number of aromatic nitrogens is 2. The van der Waals surface area contributed by atoms with Crippen molar-refractivity contribution in [1.82, 2.24) is 15.3 Å². The van der Waals surface area contributed by atoms with Gasteiger partial charge >= 0.3 is 0 Å². The zero-order chi connectivity index (χ0) is 16.1. The molecule has 0 atom stereocenters. The van der Waals surface area contributed by atoms with Crippen molar-refractivity contribution in [3.05, 3.63) is 42.2 Å². The molecule has 3 rings (SSSR count). The quantitative estimate of drug-likeness (QED) is 0.933. The van der Waals surface area contributed by atoms with Gasteiger partial charge in [0.15, 0.2) is 0 Å². The van der Waals surface area contributed by atoms with Gasteiger partial charge in [-0.05, 0) is 17.4 Å². The number of amides is 1. The summed E-state index contributed by atoms with van der Waals surface area (Å²) in [5, 5.41) is 2.86. The van der Waals surface area contributed by atoms with Crippen molar-refractivity contribution in [2.24, 2.45) is 0 Å². The molecule has 2 heterocycles. The molecule has 2 aromatic rings. The highest BCUT2D eigenvalue weighted by Crippen LogP contribution is 2.22. The topological polar surface area (TPSA) is 58.1 Å². The molecule has 1 amide bonds. The van der Waals surface area contributed by atoms with Crippen molar-refractivity contribution in [3.8, 4) is 11.1 Å². The van der Waals surface area contributed by atoms with Crippen LogP contribution >= 0.6 is 11.8 Å². The van der Waals surface area contributed by atoms with Crippen molar-refractivity contribution >= 4 is 23.6 Å². The van der Waals surface area contributed by atoms with Gasteiger partial charge in [0.1, 0.15) is 0 Å². The average Bonchev–Trinajstić information content (AvgIpc) is 2.80. The van der Waals surface area contributed by atoms with Crippen molar-refractivity contribution in [2.45, 2.75) is 12.2 Å². The van der Waals surface area contributed by atoms with Gasteiger partial charge in [0.2, 0.25) is 11.9 Å². The predicted molar refractivity (Wildman–Crippen MR) is 94.5 cm³/mol. The van der Waals surface area contributed by atoms with E-state index in [9.17, 15) is 4.79 Å². The number of carbonyl (C=O) groups is 1. The van der Waals surface area contributed by atoms with E-state index >= 15 is 0 Å². The van der Waals surface area contributed by atoms with Gasteiger partial charge in [-0.25, -0.2) is 9.97 Å². The normalized spacial score (nSPS) is 15.2. The molecular weight excluding hydrogens is 308 g/mol. The number of anilines is 1. The largest absolute Gasteiger partial charge is 0.354 e. The molecule has 0 spiro atoms. The number of hydrogen-bond acceptors (Lipinski definition) is 5. The first kappa shape index (κ1) is 15.8. The summed E-state index contributed by atoms with van der Waals surface area (Å²) in [6.45, 7) is 2.04. The predicted octanol–water partition coefficient (Wildman–Crippen LogP) is 2.33. The number of rotatable bonds is 4. The van der Waals surface area contributed by atoms with Gasteiger partial charge in [0.25, 0.3) is 0 Å². The number of benzene rings is 1. The Kier molecular flexibility index (Phi) is 5.12. The minimum atomic E-state index is 0.0923. The lowest BCUT2D eigenvalue weighted by Crippen LogP contribution is -2.29. The summed E-state index contributed by atoms with van der Waals surface area (Å²) in [4.78, 5) is 22.4. The summed E-state index contributed by atoms with van der Waals surface area (Å²) in [5.74, 6) is 1.78. The van der Waals surface area contributed by atoms with Crippen LogP contribution in [0.2, 0.25) is 0 Å². The summed E-state index contributed by atoms with van der Waals surface area (Å²) in [6.07, 6.45) is 6.31. The molecule has 1 fully saturated rings. The maximum atomic E-state index is 11.4. The zero-order valence-corrected chi connectivity index (χ0v) is 14.0. The third-order valence-corrected chi connectivity index (χ3v) is 4.43. The molecule has 120 valence electrons. The van der Waals surface area contributed by atoms with Crippen molar-refractivity contribution in [2.75, 3.05) is 30.8 Å². The van der Waals surface area contributed by atoms with Crippen LogP contribution in [0, 0.1) is 0 Å². The second-order valence-corrected chi connectivity index (χ2v) is 6.36. The highest BCUT2D eigenvalue weighted by molar-refractivity contribution is 7.97. The van der Waals surface area contributed by atoms with E-state index < -0.39 is 0 Å². The number of nitrogens with zero attached hydrogens (tertiary/aromatic N) is 3. The van der Waals surface area contributed by atoms with Crippen molar-refractivity contribution in [1.29, 1.82) is 0 Å².